The average Bonchev–Trinajstić information content (AvgIpc) is 2.50. The molecule has 1 aromatic carbocycles. The fourth-order valence-corrected chi connectivity index (χ4v) is 2.08. The lowest BCUT2D eigenvalue weighted by Gasteiger charge is -2.13. The summed E-state index contributed by atoms with van der Waals surface area (Å²) in [6.45, 7) is 5.60. The summed E-state index contributed by atoms with van der Waals surface area (Å²) in [6, 6.07) is 12.4. The van der Waals surface area contributed by atoms with Crippen LogP contribution < -0.4 is 10.6 Å². The van der Waals surface area contributed by atoms with Gasteiger partial charge in [0.25, 0.3) is 0 Å². The van der Waals surface area contributed by atoms with Crippen LogP contribution in [0.1, 0.15) is 22.4 Å². The largest absolute Gasteiger partial charge is 0.352 e. The van der Waals surface area contributed by atoms with Crippen molar-refractivity contribution in [2.45, 2.75) is 26.9 Å². The monoisotopic (exact) mass is 282 g/mol. The van der Waals surface area contributed by atoms with Crippen LogP contribution in [-0.2, 0) is 13.1 Å². The number of nitrogens with one attached hydrogen (secondary N) is 2. The third-order valence-electron chi connectivity index (χ3n) is 3.47. The van der Waals surface area contributed by atoms with Gasteiger partial charge in [0.2, 0.25) is 0 Å². The summed E-state index contributed by atoms with van der Waals surface area (Å²) in [5.41, 5.74) is 4.77. The van der Waals surface area contributed by atoms with Gasteiger partial charge in [-0.2, -0.15) is 0 Å². The molecule has 1 aromatic heterocycles. The lowest BCUT2D eigenvalue weighted by atomic mass is 10.1. The first-order chi connectivity index (χ1) is 10.2. The highest BCUT2D eigenvalue weighted by atomic mass is 15.2. The van der Waals surface area contributed by atoms with E-state index in [0.717, 1.165) is 18.2 Å². The van der Waals surface area contributed by atoms with Crippen molar-refractivity contribution in [1.29, 1.82) is 0 Å². The second kappa shape index (κ2) is 7.43. The third-order valence-corrected chi connectivity index (χ3v) is 3.47. The maximum atomic E-state index is 4.37. The summed E-state index contributed by atoms with van der Waals surface area (Å²) >= 11 is 0. The maximum absolute atomic E-state index is 4.37. The van der Waals surface area contributed by atoms with Crippen molar-refractivity contribution in [3.05, 3.63) is 65.0 Å². The molecule has 21 heavy (non-hydrogen) atoms. The van der Waals surface area contributed by atoms with E-state index in [2.05, 4.69) is 64.8 Å². The second-order valence-electron chi connectivity index (χ2n) is 4.97. The molecule has 0 saturated heterocycles. The smallest absolute Gasteiger partial charge is 0.191 e. The zero-order chi connectivity index (χ0) is 15.1. The fourth-order valence-electron chi connectivity index (χ4n) is 2.08. The Morgan fingerprint density at radius 2 is 1.71 bits per heavy atom. The van der Waals surface area contributed by atoms with Crippen molar-refractivity contribution in [1.82, 2.24) is 15.6 Å². The summed E-state index contributed by atoms with van der Waals surface area (Å²) < 4.78 is 0. The lowest BCUT2D eigenvalue weighted by Crippen LogP contribution is -2.36. The normalized spacial score (nSPS) is 11.3. The number of hydrogen-bond acceptors (Lipinski definition) is 2. The number of pyridine rings is 1. The van der Waals surface area contributed by atoms with Gasteiger partial charge in [-0.1, -0.05) is 30.3 Å². The van der Waals surface area contributed by atoms with E-state index in [9.17, 15) is 0 Å². The molecule has 2 N–H and O–H groups in total. The first-order valence-corrected chi connectivity index (χ1v) is 7.10. The van der Waals surface area contributed by atoms with Gasteiger partial charge < -0.3 is 10.6 Å². The van der Waals surface area contributed by atoms with Crippen LogP contribution in [0.25, 0.3) is 0 Å². The fraction of sp³-hybridized carbons (Fsp3) is 0.294. The highest BCUT2D eigenvalue weighted by Crippen LogP contribution is 2.06. The second-order valence-corrected chi connectivity index (χ2v) is 4.97. The Balaban J connectivity index is 1.90. The van der Waals surface area contributed by atoms with Gasteiger partial charge in [-0.15, -0.1) is 0 Å². The zero-order valence-electron chi connectivity index (χ0n) is 12.9. The van der Waals surface area contributed by atoms with Crippen LogP contribution in [0, 0.1) is 13.8 Å². The molecule has 0 saturated carbocycles. The van der Waals surface area contributed by atoms with Gasteiger partial charge >= 0.3 is 0 Å². The average molecular weight is 282 g/mol. The van der Waals surface area contributed by atoms with Crippen LogP contribution in [0.4, 0.5) is 0 Å². The van der Waals surface area contributed by atoms with Crippen LogP contribution >= 0.6 is 0 Å². The summed E-state index contributed by atoms with van der Waals surface area (Å²) in [5.74, 6) is 0.781. The minimum atomic E-state index is 0.667. The Bertz CT molecular complexity index is 568. The summed E-state index contributed by atoms with van der Waals surface area (Å²) in [6.07, 6.45) is 1.81. The first kappa shape index (κ1) is 15.0. The Hall–Kier alpha value is -2.36. The van der Waals surface area contributed by atoms with E-state index in [4.69, 9.17) is 0 Å². The van der Waals surface area contributed by atoms with Crippen LogP contribution in [0.15, 0.2) is 47.6 Å². The van der Waals surface area contributed by atoms with Crippen molar-refractivity contribution in [3.8, 4) is 0 Å². The molecule has 0 aliphatic rings. The minimum absolute atomic E-state index is 0.667. The molecule has 110 valence electrons. The highest BCUT2D eigenvalue weighted by molar-refractivity contribution is 5.79. The number of hydrogen-bond donors (Lipinski definition) is 2. The minimum Gasteiger partial charge on any atom is -0.352 e. The van der Waals surface area contributed by atoms with Gasteiger partial charge in [0.15, 0.2) is 5.96 Å². The van der Waals surface area contributed by atoms with E-state index in [1.54, 1.807) is 7.05 Å². The first-order valence-electron chi connectivity index (χ1n) is 7.10. The van der Waals surface area contributed by atoms with Crippen molar-refractivity contribution in [2.75, 3.05) is 7.05 Å². The number of guanidine groups is 1. The molecule has 0 amide bonds. The molecule has 0 bridgehead atoms. The Kier molecular flexibility index (Phi) is 5.32. The van der Waals surface area contributed by atoms with E-state index in [1.807, 2.05) is 12.3 Å². The van der Waals surface area contributed by atoms with E-state index in [0.29, 0.717) is 6.54 Å². The number of nitrogens with zero attached hydrogens (tertiary/aromatic N) is 2. The Morgan fingerprint density at radius 3 is 2.43 bits per heavy atom. The molecule has 0 fully saturated rings. The van der Waals surface area contributed by atoms with Crippen LogP contribution in [0.2, 0.25) is 0 Å². The maximum Gasteiger partial charge on any atom is 0.191 e. The van der Waals surface area contributed by atoms with E-state index in [1.165, 1.54) is 16.7 Å². The molecule has 0 atom stereocenters. The van der Waals surface area contributed by atoms with Gasteiger partial charge in [0.05, 0.1) is 12.2 Å². The number of aromatic nitrogens is 1. The highest BCUT2D eigenvalue weighted by Gasteiger charge is 2.02. The van der Waals surface area contributed by atoms with Gasteiger partial charge in [-0.3, -0.25) is 9.98 Å². The quantitative estimate of drug-likeness (QED) is 0.669. The van der Waals surface area contributed by atoms with Crippen molar-refractivity contribution in [3.63, 3.8) is 0 Å². The number of benzene rings is 1. The lowest BCUT2D eigenvalue weighted by molar-refractivity contribution is 0.788. The van der Waals surface area contributed by atoms with E-state index in [-0.39, 0.29) is 0 Å². The molecule has 0 unspecified atom stereocenters. The molecule has 4 heteroatoms. The van der Waals surface area contributed by atoms with Gasteiger partial charge in [-0.05, 0) is 36.6 Å². The summed E-state index contributed by atoms with van der Waals surface area (Å²) in [4.78, 5) is 8.62. The Labute approximate surface area is 126 Å². The predicted molar refractivity (Wildman–Crippen MR) is 87.2 cm³/mol. The molecule has 4 nitrogen and oxygen atoms in total. The SMILES string of the molecule is CN=C(NCc1ccccc1C)NCc1ncccc1C. The van der Waals surface area contributed by atoms with Gasteiger partial charge in [0.1, 0.15) is 0 Å². The Morgan fingerprint density at radius 1 is 1.00 bits per heavy atom. The molecular weight excluding hydrogens is 260 g/mol. The molecule has 2 rings (SSSR count). The molecule has 0 aliphatic heterocycles. The molecular formula is C17H22N4. The zero-order valence-corrected chi connectivity index (χ0v) is 12.9. The van der Waals surface area contributed by atoms with E-state index < -0.39 is 0 Å². The molecule has 0 aliphatic carbocycles. The topological polar surface area (TPSA) is 49.3 Å². The van der Waals surface area contributed by atoms with Gasteiger partial charge in [-0.25, -0.2) is 0 Å². The molecule has 1 heterocycles. The number of aryl methyl sites for hydroxylation is 2. The van der Waals surface area contributed by atoms with Crippen LogP contribution in [0.3, 0.4) is 0 Å². The molecule has 0 radical (unpaired) electrons. The van der Waals surface area contributed by atoms with Crippen LogP contribution in [0.5, 0.6) is 0 Å². The number of rotatable bonds is 4. The van der Waals surface area contributed by atoms with Crippen molar-refractivity contribution < 1.29 is 0 Å². The third kappa shape index (κ3) is 4.31. The van der Waals surface area contributed by atoms with Gasteiger partial charge in [0, 0.05) is 19.8 Å². The van der Waals surface area contributed by atoms with Crippen molar-refractivity contribution >= 4 is 5.96 Å². The molecule has 0 spiro atoms. The standard InChI is InChI=1S/C17H22N4/c1-13-7-4-5-9-15(13)11-20-17(18-3)21-12-16-14(2)8-6-10-19-16/h4-10H,11-12H2,1-3H3,(H2,18,20,21). The van der Waals surface area contributed by atoms with Crippen LogP contribution in [-0.4, -0.2) is 18.0 Å². The summed E-state index contributed by atoms with van der Waals surface area (Å²) in [5, 5.41) is 6.62. The van der Waals surface area contributed by atoms with Crippen molar-refractivity contribution in [2.24, 2.45) is 4.99 Å². The number of aliphatic imine (C=N–C) groups is 1. The molecule has 2 aromatic rings. The summed E-state index contributed by atoms with van der Waals surface area (Å²) in [7, 11) is 1.78. The predicted octanol–water partition coefficient (Wildman–Crippen LogP) is 2.56. The van der Waals surface area contributed by atoms with E-state index >= 15 is 0 Å².